The van der Waals surface area contributed by atoms with E-state index in [4.69, 9.17) is 23.2 Å². The van der Waals surface area contributed by atoms with Crippen LogP contribution in [0.1, 0.15) is 33.3 Å². The first kappa shape index (κ1) is 16.2. The first-order valence-corrected chi connectivity index (χ1v) is 7.95. The van der Waals surface area contributed by atoms with E-state index in [-0.39, 0.29) is 12.5 Å². The van der Waals surface area contributed by atoms with Crippen LogP contribution in [-0.4, -0.2) is 22.5 Å². The lowest BCUT2D eigenvalue weighted by atomic mass is 10.1. The summed E-state index contributed by atoms with van der Waals surface area (Å²) in [5, 5.41) is 14.4. The number of hydrogen-bond donors (Lipinski definition) is 2. The Kier molecular flexibility index (Phi) is 5.58. The van der Waals surface area contributed by atoms with Crippen molar-refractivity contribution in [3.8, 4) is 0 Å². The summed E-state index contributed by atoms with van der Waals surface area (Å²) in [4.78, 5) is 16.6. The van der Waals surface area contributed by atoms with Crippen LogP contribution >= 0.6 is 34.5 Å². The van der Waals surface area contributed by atoms with Crippen molar-refractivity contribution in [3.05, 3.63) is 49.9 Å². The number of nitrogens with zero attached hydrogens (tertiary/aromatic N) is 1. The van der Waals surface area contributed by atoms with Crippen LogP contribution in [0.15, 0.2) is 24.4 Å². The molecule has 1 amide bonds. The molecule has 0 radical (unpaired) electrons. The van der Waals surface area contributed by atoms with E-state index in [2.05, 4.69) is 10.3 Å². The molecule has 0 spiro atoms. The Hall–Kier alpha value is -1.14. The number of aliphatic hydroxyl groups excluding tert-OH is 1. The van der Waals surface area contributed by atoms with Crippen molar-refractivity contribution in [1.29, 1.82) is 0 Å². The molecular formula is C14H14Cl2N2O2S. The average Bonchev–Trinajstić information content (AvgIpc) is 2.93. The quantitative estimate of drug-likeness (QED) is 0.872. The van der Waals surface area contributed by atoms with E-state index in [1.165, 1.54) is 17.5 Å². The molecule has 1 heterocycles. The number of rotatable bonds is 5. The number of aryl methyl sites for hydroxylation is 1. The number of aliphatic hydroxyl groups is 1. The number of aromatic nitrogens is 1. The predicted molar refractivity (Wildman–Crippen MR) is 85.2 cm³/mol. The summed E-state index contributed by atoms with van der Waals surface area (Å²) < 4.78 is 0. The average molecular weight is 345 g/mol. The molecule has 1 aromatic carbocycles. The molecular weight excluding hydrogens is 331 g/mol. The summed E-state index contributed by atoms with van der Waals surface area (Å²) in [6, 6.07) is 4.98. The highest BCUT2D eigenvalue weighted by molar-refractivity contribution is 7.13. The number of carbonyl (C=O) groups excluding carboxylic acids is 1. The SMILES string of the molecule is CCc1ncc(C(=O)NCC(O)c2c(Cl)cccc2Cl)s1. The molecule has 7 heteroatoms. The van der Waals surface area contributed by atoms with E-state index >= 15 is 0 Å². The van der Waals surface area contributed by atoms with Gasteiger partial charge < -0.3 is 10.4 Å². The third-order valence-electron chi connectivity index (χ3n) is 2.87. The second kappa shape index (κ2) is 7.22. The molecule has 1 unspecified atom stereocenters. The van der Waals surface area contributed by atoms with Crippen molar-refractivity contribution in [2.75, 3.05) is 6.54 Å². The molecule has 112 valence electrons. The number of amides is 1. The molecule has 0 aliphatic heterocycles. The van der Waals surface area contributed by atoms with Crippen LogP contribution in [0.25, 0.3) is 0 Å². The van der Waals surface area contributed by atoms with Gasteiger partial charge in [-0.1, -0.05) is 36.2 Å². The number of hydrogen-bond acceptors (Lipinski definition) is 4. The van der Waals surface area contributed by atoms with E-state index in [0.717, 1.165) is 11.4 Å². The molecule has 0 saturated heterocycles. The van der Waals surface area contributed by atoms with Crippen LogP contribution in [0.5, 0.6) is 0 Å². The number of benzene rings is 1. The molecule has 0 aliphatic carbocycles. The fourth-order valence-electron chi connectivity index (χ4n) is 1.79. The van der Waals surface area contributed by atoms with Gasteiger partial charge in [-0.3, -0.25) is 4.79 Å². The third-order valence-corrected chi connectivity index (χ3v) is 4.67. The van der Waals surface area contributed by atoms with Gasteiger partial charge in [-0.2, -0.15) is 0 Å². The van der Waals surface area contributed by atoms with Crippen LogP contribution in [0.3, 0.4) is 0 Å². The van der Waals surface area contributed by atoms with Crippen molar-refractivity contribution in [2.24, 2.45) is 0 Å². The van der Waals surface area contributed by atoms with Gasteiger partial charge in [-0.25, -0.2) is 4.98 Å². The molecule has 0 bridgehead atoms. The second-order valence-corrected chi connectivity index (χ2v) is 6.26. The van der Waals surface area contributed by atoms with Gasteiger partial charge in [0.25, 0.3) is 5.91 Å². The van der Waals surface area contributed by atoms with E-state index in [0.29, 0.717) is 20.5 Å². The normalized spacial score (nSPS) is 12.2. The topological polar surface area (TPSA) is 62.2 Å². The van der Waals surface area contributed by atoms with E-state index in [1.54, 1.807) is 18.2 Å². The Bertz CT molecular complexity index is 625. The van der Waals surface area contributed by atoms with Gasteiger partial charge in [0.15, 0.2) is 0 Å². The van der Waals surface area contributed by atoms with Crippen molar-refractivity contribution in [2.45, 2.75) is 19.4 Å². The van der Waals surface area contributed by atoms with Crippen LogP contribution in [0, 0.1) is 0 Å². The minimum absolute atomic E-state index is 0.0294. The zero-order chi connectivity index (χ0) is 15.4. The molecule has 0 aliphatic rings. The predicted octanol–water partition coefficient (Wildman–Crippen LogP) is 3.48. The Labute approximate surface area is 136 Å². The maximum Gasteiger partial charge on any atom is 0.263 e. The first-order valence-electron chi connectivity index (χ1n) is 6.37. The second-order valence-electron chi connectivity index (χ2n) is 4.33. The monoisotopic (exact) mass is 344 g/mol. The van der Waals surface area contributed by atoms with Gasteiger partial charge in [0.05, 0.1) is 17.3 Å². The molecule has 1 atom stereocenters. The summed E-state index contributed by atoms with van der Waals surface area (Å²) in [5.74, 6) is -0.269. The zero-order valence-electron chi connectivity index (χ0n) is 11.3. The van der Waals surface area contributed by atoms with Crippen LogP contribution in [-0.2, 0) is 6.42 Å². The van der Waals surface area contributed by atoms with Gasteiger partial charge in [0.2, 0.25) is 0 Å². The van der Waals surface area contributed by atoms with Gasteiger partial charge >= 0.3 is 0 Å². The standard InChI is InChI=1S/C14H14Cl2N2O2S/c1-2-12-17-7-11(21-12)14(20)18-6-10(19)13-8(15)4-3-5-9(13)16/h3-5,7,10,19H,2,6H2,1H3,(H,18,20). The van der Waals surface area contributed by atoms with Crippen molar-refractivity contribution < 1.29 is 9.90 Å². The highest BCUT2D eigenvalue weighted by Gasteiger charge is 2.17. The Morgan fingerprint density at radius 3 is 2.67 bits per heavy atom. The Morgan fingerprint density at radius 1 is 1.43 bits per heavy atom. The minimum Gasteiger partial charge on any atom is -0.386 e. The lowest BCUT2D eigenvalue weighted by Crippen LogP contribution is -2.28. The maximum absolute atomic E-state index is 12.0. The zero-order valence-corrected chi connectivity index (χ0v) is 13.6. The van der Waals surface area contributed by atoms with Gasteiger partial charge in [0, 0.05) is 22.2 Å². The van der Waals surface area contributed by atoms with Crippen molar-refractivity contribution >= 4 is 40.4 Å². The molecule has 0 fully saturated rings. The van der Waals surface area contributed by atoms with E-state index in [9.17, 15) is 9.90 Å². The molecule has 2 aromatic rings. The van der Waals surface area contributed by atoms with Crippen LogP contribution in [0.2, 0.25) is 10.0 Å². The van der Waals surface area contributed by atoms with Gasteiger partial charge in [-0.15, -0.1) is 11.3 Å². The fourth-order valence-corrected chi connectivity index (χ4v) is 3.21. The molecule has 1 aromatic heterocycles. The largest absolute Gasteiger partial charge is 0.386 e. The molecule has 4 nitrogen and oxygen atoms in total. The third kappa shape index (κ3) is 3.95. The van der Waals surface area contributed by atoms with E-state index < -0.39 is 6.10 Å². The summed E-state index contributed by atoms with van der Waals surface area (Å²) in [6.07, 6.45) is 1.36. The van der Waals surface area contributed by atoms with Crippen LogP contribution < -0.4 is 5.32 Å². The molecule has 2 rings (SSSR count). The summed E-state index contributed by atoms with van der Waals surface area (Å²) in [6.45, 7) is 2.01. The van der Waals surface area contributed by atoms with Gasteiger partial charge in [-0.05, 0) is 18.6 Å². The van der Waals surface area contributed by atoms with E-state index in [1.807, 2.05) is 6.92 Å². The highest BCUT2D eigenvalue weighted by Crippen LogP contribution is 2.29. The van der Waals surface area contributed by atoms with Crippen LogP contribution in [0.4, 0.5) is 0 Å². The number of nitrogens with one attached hydrogen (secondary N) is 1. The fraction of sp³-hybridized carbons (Fsp3) is 0.286. The van der Waals surface area contributed by atoms with Crippen molar-refractivity contribution in [1.82, 2.24) is 10.3 Å². The first-order chi connectivity index (χ1) is 10.0. The Morgan fingerprint density at radius 2 is 2.10 bits per heavy atom. The van der Waals surface area contributed by atoms with Crippen molar-refractivity contribution in [3.63, 3.8) is 0 Å². The summed E-state index contributed by atoms with van der Waals surface area (Å²) >= 11 is 13.4. The number of halogens is 2. The maximum atomic E-state index is 12.0. The minimum atomic E-state index is -0.964. The smallest absolute Gasteiger partial charge is 0.263 e. The molecule has 21 heavy (non-hydrogen) atoms. The lowest BCUT2D eigenvalue weighted by molar-refractivity contribution is 0.0920. The van der Waals surface area contributed by atoms with Gasteiger partial charge in [0.1, 0.15) is 4.88 Å². The molecule has 2 N–H and O–H groups in total. The highest BCUT2D eigenvalue weighted by atomic mass is 35.5. The Balaban J connectivity index is 2.00. The number of carbonyl (C=O) groups is 1. The molecule has 0 saturated carbocycles. The number of thiazole rings is 1. The lowest BCUT2D eigenvalue weighted by Gasteiger charge is -2.14. The summed E-state index contributed by atoms with van der Waals surface area (Å²) in [7, 11) is 0. The summed E-state index contributed by atoms with van der Waals surface area (Å²) in [5.41, 5.74) is 0.416.